The number of rotatable bonds is 3. The number of ether oxygens (including phenoxy) is 3. The van der Waals surface area contributed by atoms with E-state index in [1.807, 2.05) is 19.1 Å². The Labute approximate surface area is 132 Å². The van der Waals surface area contributed by atoms with Crippen LogP contribution in [0.1, 0.15) is 11.1 Å². The average Bonchev–Trinajstić information content (AvgIpc) is 2.96. The summed E-state index contributed by atoms with van der Waals surface area (Å²) in [6.07, 6.45) is -0.544. The van der Waals surface area contributed by atoms with Crippen molar-refractivity contribution >= 4 is 23.4 Å². The first-order valence-electron chi connectivity index (χ1n) is 6.70. The normalized spacial score (nSPS) is 12.1. The van der Waals surface area contributed by atoms with E-state index < -0.39 is 6.09 Å². The molecule has 0 saturated heterocycles. The highest BCUT2D eigenvalue weighted by molar-refractivity contribution is 6.31. The zero-order valence-electron chi connectivity index (χ0n) is 11.9. The fourth-order valence-electron chi connectivity index (χ4n) is 2.00. The number of carbonyl (C=O) groups excluding carboxylic acids is 1. The van der Waals surface area contributed by atoms with Crippen molar-refractivity contribution in [1.29, 1.82) is 0 Å². The number of fused-ring (bicyclic) bond motifs is 1. The molecule has 0 aromatic heterocycles. The van der Waals surface area contributed by atoms with Gasteiger partial charge in [-0.1, -0.05) is 23.7 Å². The quantitative estimate of drug-likeness (QED) is 0.924. The molecule has 0 aliphatic carbocycles. The first kappa shape index (κ1) is 14.5. The number of carbonyl (C=O) groups is 1. The lowest BCUT2D eigenvalue weighted by Crippen LogP contribution is -2.13. The Bertz CT molecular complexity index is 717. The predicted octanol–water partition coefficient (Wildman–Crippen LogP) is 4.13. The molecule has 0 spiro atoms. The van der Waals surface area contributed by atoms with E-state index in [4.69, 9.17) is 25.8 Å². The molecule has 2 aromatic rings. The lowest BCUT2D eigenvalue weighted by atomic mass is 10.2. The molecule has 0 atom stereocenters. The maximum Gasteiger partial charge on any atom is 0.411 e. The maximum atomic E-state index is 11.8. The number of hydrogen-bond donors (Lipinski definition) is 1. The van der Waals surface area contributed by atoms with Gasteiger partial charge in [0.25, 0.3) is 0 Å². The second-order valence-corrected chi connectivity index (χ2v) is 5.26. The Hall–Kier alpha value is -2.40. The Balaban J connectivity index is 1.57. The van der Waals surface area contributed by atoms with Crippen LogP contribution in [0.2, 0.25) is 5.02 Å². The van der Waals surface area contributed by atoms with Crippen LogP contribution in [0.15, 0.2) is 36.4 Å². The zero-order valence-corrected chi connectivity index (χ0v) is 12.6. The molecule has 1 aliphatic heterocycles. The molecule has 1 heterocycles. The van der Waals surface area contributed by atoms with E-state index in [2.05, 4.69) is 5.32 Å². The van der Waals surface area contributed by atoms with Gasteiger partial charge in [0.2, 0.25) is 6.79 Å². The highest BCUT2D eigenvalue weighted by Crippen LogP contribution is 2.32. The summed E-state index contributed by atoms with van der Waals surface area (Å²) in [7, 11) is 0. The van der Waals surface area contributed by atoms with Gasteiger partial charge >= 0.3 is 6.09 Å². The number of amides is 1. The highest BCUT2D eigenvalue weighted by Gasteiger charge is 2.14. The van der Waals surface area contributed by atoms with Crippen LogP contribution in [0.4, 0.5) is 10.5 Å². The minimum Gasteiger partial charge on any atom is -0.454 e. The van der Waals surface area contributed by atoms with E-state index in [0.717, 1.165) is 11.1 Å². The van der Waals surface area contributed by atoms with E-state index in [0.29, 0.717) is 22.2 Å². The Kier molecular flexibility index (Phi) is 4.06. The summed E-state index contributed by atoms with van der Waals surface area (Å²) < 4.78 is 15.7. The molecular weight excluding hydrogens is 306 g/mol. The first-order chi connectivity index (χ1) is 10.6. The second-order valence-electron chi connectivity index (χ2n) is 4.85. The van der Waals surface area contributed by atoms with Gasteiger partial charge < -0.3 is 14.2 Å². The van der Waals surface area contributed by atoms with E-state index >= 15 is 0 Å². The summed E-state index contributed by atoms with van der Waals surface area (Å²) >= 11 is 6.01. The van der Waals surface area contributed by atoms with E-state index in [1.54, 1.807) is 24.3 Å². The van der Waals surface area contributed by atoms with Crippen molar-refractivity contribution in [1.82, 2.24) is 0 Å². The molecule has 0 bridgehead atoms. The minimum atomic E-state index is -0.544. The van der Waals surface area contributed by atoms with Crippen molar-refractivity contribution in [3.63, 3.8) is 0 Å². The molecule has 1 amide bonds. The summed E-state index contributed by atoms with van der Waals surface area (Å²) in [4.78, 5) is 11.8. The summed E-state index contributed by atoms with van der Waals surface area (Å²) in [5.74, 6) is 1.36. The molecule has 6 heteroatoms. The van der Waals surface area contributed by atoms with Crippen LogP contribution >= 0.6 is 11.6 Å². The molecule has 1 N–H and O–H groups in total. The number of aryl methyl sites for hydroxylation is 1. The number of halogens is 1. The van der Waals surface area contributed by atoms with Gasteiger partial charge in [-0.15, -0.1) is 0 Å². The molecule has 0 unspecified atom stereocenters. The first-order valence-corrected chi connectivity index (χ1v) is 7.08. The largest absolute Gasteiger partial charge is 0.454 e. The van der Waals surface area contributed by atoms with Gasteiger partial charge in [-0.25, -0.2) is 4.79 Å². The van der Waals surface area contributed by atoms with Crippen LogP contribution < -0.4 is 14.8 Å². The van der Waals surface area contributed by atoms with Gasteiger partial charge in [0, 0.05) is 10.7 Å². The summed E-state index contributed by atoms with van der Waals surface area (Å²) in [5.41, 5.74) is 2.36. The van der Waals surface area contributed by atoms with Gasteiger partial charge in [0.1, 0.15) is 6.61 Å². The third-order valence-corrected chi connectivity index (χ3v) is 3.63. The van der Waals surface area contributed by atoms with E-state index in [1.165, 1.54) is 0 Å². The van der Waals surface area contributed by atoms with Crippen LogP contribution in [0.5, 0.6) is 11.5 Å². The fraction of sp³-hybridized carbons (Fsp3) is 0.188. The van der Waals surface area contributed by atoms with Crippen molar-refractivity contribution in [3.8, 4) is 11.5 Å². The van der Waals surface area contributed by atoms with E-state index in [-0.39, 0.29) is 13.4 Å². The molecule has 5 nitrogen and oxygen atoms in total. The van der Waals surface area contributed by atoms with Crippen LogP contribution in [-0.2, 0) is 11.3 Å². The van der Waals surface area contributed by atoms with Crippen molar-refractivity contribution in [3.05, 3.63) is 52.5 Å². The van der Waals surface area contributed by atoms with Crippen LogP contribution in [0.25, 0.3) is 0 Å². The molecule has 22 heavy (non-hydrogen) atoms. The number of nitrogens with one attached hydrogen (secondary N) is 1. The zero-order chi connectivity index (χ0) is 15.5. The minimum absolute atomic E-state index is 0.141. The Morgan fingerprint density at radius 1 is 1.23 bits per heavy atom. The third kappa shape index (κ3) is 3.26. The van der Waals surface area contributed by atoms with Gasteiger partial charge in [-0.3, -0.25) is 5.32 Å². The number of hydrogen-bond acceptors (Lipinski definition) is 4. The molecule has 0 fully saturated rings. The predicted molar refractivity (Wildman–Crippen MR) is 82.6 cm³/mol. The van der Waals surface area contributed by atoms with Crippen LogP contribution in [0, 0.1) is 6.92 Å². The van der Waals surface area contributed by atoms with Crippen molar-refractivity contribution in [2.24, 2.45) is 0 Å². The SMILES string of the molecule is Cc1ccc(NC(=O)OCc2ccc3c(c2)OCO3)cc1Cl. The summed E-state index contributed by atoms with van der Waals surface area (Å²) in [6, 6.07) is 10.7. The number of benzene rings is 2. The van der Waals surface area contributed by atoms with Crippen LogP contribution in [0.3, 0.4) is 0 Å². The van der Waals surface area contributed by atoms with Gasteiger partial charge in [-0.2, -0.15) is 0 Å². The molecule has 0 saturated carbocycles. The number of anilines is 1. The lowest BCUT2D eigenvalue weighted by molar-refractivity contribution is 0.154. The topological polar surface area (TPSA) is 56.8 Å². The van der Waals surface area contributed by atoms with Crippen LogP contribution in [-0.4, -0.2) is 12.9 Å². The van der Waals surface area contributed by atoms with Gasteiger partial charge in [-0.05, 0) is 42.3 Å². The third-order valence-electron chi connectivity index (χ3n) is 3.23. The maximum absolute atomic E-state index is 11.8. The molecule has 3 rings (SSSR count). The van der Waals surface area contributed by atoms with Gasteiger partial charge in [0.15, 0.2) is 11.5 Å². The Morgan fingerprint density at radius 3 is 2.86 bits per heavy atom. The molecular formula is C16H14ClNO4. The molecule has 0 radical (unpaired) electrons. The van der Waals surface area contributed by atoms with Crippen molar-refractivity contribution in [2.45, 2.75) is 13.5 Å². The second kappa shape index (κ2) is 6.15. The van der Waals surface area contributed by atoms with Crippen molar-refractivity contribution < 1.29 is 19.0 Å². The monoisotopic (exact) mass is 319 g/mol. The Morgan fingerprint density at radius 2 is 2.05 bits per heavy atom. The molecule has 2 aromatic carbocycles. The van der Waals surface area contributed by atoms with Crippen molar-refractivity contribution in [2.75, 3.05) is 12.1 Å². The van der Waals surface area contributed by atoms with Gasteiger partial charge in [0.05, 0.1) is 0 Å². The molecule has 1 aliphatic rings. The lowest BCUT2D eigenvalue weighted by Gasteiger charge is -2.08. The standard InChI is InChI=1S/C16H14ClNO4/c1-10-2-4-12(7-13(10)17)18-16(19)20-8-11-3-5-14-15(6-11)22-9-21-14/h2-7H,8-9H2,1H3,(H,18,19). The smallest absolute Gasteiger partial charge is 0.411 e. The van der Waals surface area contributed by atoms with E-state index in [9.17, 15) is 4.79 Å². The fourth-order valence-corrected chi connectivity index (χ4v) is 2.18. The molecule has 114 valence electrons. The highest BCUT2D eigenvalue weighted by atomic mass is 35.5. The summed E-state index contributed by atoms with van der Waals surface area (Å²) in [6.45, 7) is 2.25. The summed E-state index contributed by atoms with van der Waals surface area (Å²) in [5, 5.41) is 3.22. The average molecular weight is 320 g/mol.